The lowest BCUT2D eigenvalue weighted by molar-refractivity contribution is 0.266. The molecule has 1 saturated heterocycles. The highest BCUT2D eigenvalue weighted by Crippen LogP contribution is 2.26. The molecule has 1 aromatic rings. The van der Waals surface area contributed by atoms with Crippen molar-refractivity contribution < 1.29 is 5.11 Å². The molecule has 0 spiro atoms. The second-order valence-corrected chi connectivity index (χ2v) is 5.83. The predicted molar refractivity (Wildman–Crippen MR) is 70.4 cm³/mol. The zero-order valence-corrected chi connectivity index (χ0v) is 11.0. The summed E-state index contributed by atoms with van der Waals surface area (Å²) in [5.74, 6) is 0.995. The van der Waals surface area contributed by atoms with E-state index in [1.54, 1.807) is 0 Å². The SMILES string of the molecule is CC(C)(C)c1ccc(N2CCC[C@H]2CO)nc1. The Morgan fingerprint density at radius 1 is 1.41 bits per heavy atom. The molecule has 1 fully saturated rings. The van der Waals surface area contributed by atoms with Crippen molar-refractivity contribution in [1.29, 1.82) is 0 Å². The Bertz CT molecular complexity index is 367. The van der Waals surface area contributed by atoms with Gasteiger partial charge in [-0.05, 0) is 29.9 Å². The summed E-state index contributed by atoms with van der Waals surface area (Å²) in [6, 6.07) is 4.48. The van der Waals surface area contributed by atoms with E-state index < -0.39 is 0 Å². The third-order valence-corrected chi connectivity index (χ3v) is 3.50. The third-order valence-electron chi connectivity index (χ3n) is 3.50. The summed E-state index contributed by atoms with van der Waals surface area (Å²) in [4.78, 5) is 6.75. The molecular formula is C14H22N2O. The predicted octanol–water partition coefficient (Wildman–Crippen LogP) is 2.34. The van der Waals surface area contributed by atoms with E-state index in [4.69, 9.17) is 0 Å². The molecule has 3 heteroatoms. The Kier molecular flexibility index (Phi) is 3.38. The molecule has 1 atom stereocenters. The number of rotatable bonds is 2. The molecule has 0 unspecified atom stereocenters. The van der Waals surface area contributed by atoms with Crippen LogP contribution < -0.4 is 4.90 Å². The molecule has 3 nitrogen and oxygen atoms in total. The number of hydrogen-bond acceptors (Lipinski definition) is 3. The number of nitrogens with zero attached hydrogens (tertiary/aromatic N) is 2. The molecule has 1 aliphatic rings. The molecule has 17 heavy (non-hydrogen) atoms. The van der Waals surface area contributed by atoms with Crippen LogP contribution in [0.15, 0.2) is 18.3 Å². The van der Waals surface area contributed by atoms with E-state index in [1.807, 2.05) is 6.20 Å². The van der Waals surface area contributed by atoms with Crippen LogP contribution in [0, 0.1) is 0 Å². The smallest absolute Gasteiger partial charge is 0.128 e. The van der Waals surface area contributed by atoms with E-state index in [9.17, 15) is 5.11 Å². The minimum atomic E-state index is 0.146. The van der Waals surface area contributed by atoms with Gasteiger partial charge in [-0.15, -0.1) is 0 Å². The molecule has 0 aliphatic carbocycles. The van der Waals surface area contributed by atoms with Crippen molar-refractivity contribution in [2.45, 2.75) is 45.1 Å². The van der Waals surface area contributed by atoms with E-state index in [2.05, 4.69) is 42.8 Å². The van der Waals surface area contributed by atoms with E-state index in [0.29, 0.717) is 0 Å². The first kappa shape index (κ1) is 12.4. The van der Waals surface area contributed by atoms with E-state index in [-0.39, 0.29) is 18.1 Å². The summed E-state index contributed by atoms with van der Waals surface area (Å²) in [6.45, 7) is 7.80. The fourth-order valence-electron chi connectivity index (χ4n) is 2.33. The van der Waals surface area contributed by atoms with Gasteiger partial charge < -0.3 is 10.0 Å². The Morgan fingerprint density at radius 3 is 2.71 bits per heavy atom. The summed E-state index contributed by atoms with van der Waals surface area (Å²) < 4.78 is 0. The Labute approximate surface area is 103 Å². The van der Waals surface area contributed by atoms with Crippen molar-refractivity contribution in [3.05, 3.63) is 23.9 Å². The number of aromatic nitrogens is 1. The van der Waals surface area contributed by atoms with Crippen molar-refractivity contribution in [2.75, 3.05) is 18.1 Å². The largest absolute Gasteiger partial charge is 0.394 e. The van der Waals surface area contributed by atoms with Crippen molar-refractivity contribution >= 4 is 5.82 Å². The molecule has 0 bridgehead atoms. The average Bonchev–Trinajstić information content (AvgIpc) is 2.76. The Hall–Kier alpha value is -1.09. The van der Waals surface area contributed by atoms with Gasteiger partial charge in [0, 0.05) is 12.7 Å². The van der Waals surface area contributed by atoms with Gasteiger partial charge in [-0.25, -0.2) is 4.98 Å². The number of anilines is 1. The molecule has 0 aromatic carbocycles. The monoisotopic (exact) mass is 234 g/mol. The van der Waals surface area contributed by atoms with Crippen LogP contribution >= 0.6 is 0 Å². The fraction of sp³-hybridized carbons (Fsp3) is 0.643. The third kappa shape index (κ3) is 2.60. The van der Waals surface area contributed by atoms with Gasteiger partial charge in [0.1, 0.15) is 5.82 Å². The minimum Gasteiger partial charge on any atom is -0.394 e. The van der Waals surface area contributed by atoms with Crippen LogP contribution in [0.4, 0.5) is 5.82 Å². The maximum Gasteiger partial charge on any atom is 0.128 e. The maximum atomic E-state index is 9.31. The molecular weight excluding hydrogens is 212 g/mol. The normalized spacial score (nSPS) is 20.9. The molecule has 94 valence electrons. The second kappa shape index (κ2) is 4.65. The molecule has 2 rings (SSSR count). The Balaban J connectivity index is 2.18. The number of aliphatic hydroxyl groups is 1. The maximum absolute atomic E-state index is 9.31. The highest BCUT2D eigenvalue weighted by Gasteiger charge is 2.25. The van der Waals surface area contributed by atoms with Crippen LogP contribution in [0.1, 0.15) is 39.2 Å². The minimum absolute atomic E-state index is 0.146. The lowest BCUT2D eigenvalue weighted by atomic mass is 9.88. The van der Waals surface area contributed by atoms with Gasteiger partial charge in [-0.3, -0.25) is 0 Å². The van der Waals surface area contributed by atoms with Crippen LogP contribution in [0.5, 0.6) is 0 Å². The van der Waals surface area contributed by atoms with Crippen LogP contribution in [0.2, 0.25) is 0 Å². The quantitative estimate of drug-likeness (QED) is 0.853. The van der Waals surface area contributed by atoms with Gasteiger partial charge >= 0.3 is 0 Å². The molecule has 0 amide bonds. The van der Waals surface area contributed by atoms with Crippen LogP contribution in [-0.4, -0.2) is 29.3 Å². The first-order valence-corrected chi connectivity index (χ1v) is 6.36. The standard InChI is InChI=1S/C14H22N2O/c1-14(2,3)11-6-7-13(15-9-11)16-8-4-5-12(16)10-17/h6-7,9,12,17H,4-5,8,10H2,1-3H3/t12-/m0/s1. The van der Waals surface area contributed by atoms with E-state index in [0.717, 1.165) is 25.2 Å². The zero-order valence-electron chi connectivity index (χ0n) is 11.0. The molecule has 2 heterocycles. The second-order valence-electron chi connectivity index (χ2n) is 5.83. The zero-order chi connectivity index (χ0) is 12.5. The number of aliphatic hydroxyl groups excluding tert-OH is 1. The van der Waals surface area contributed by atoms with Crippen molar-refractivity contribution in [3.8, 4) is 0 Å². The molecule has 1 N–H and O–H groups in total. The summed E-state index contributed by atoms with van der Waals surface area (Å²) in [7, 11) is 0. The van der Waals surface area contributed by atoms with Gasteiger partial charge in [0.25, 0.3) is 0 Å². The molecule has 1 aliphatic heterocycles. The summed E-state index contributed by atoms with van der Waals surface area (Å²) >= 11 is 0. The molecule has 0 saturated carbocycles. The van der Waals surface area contributed by atoms with Crippen molar-refractivity contribution in [1.82, 2.24) is 4.98 Å². The van der Waals surface area contributed by atoms with Crippen LogP contribution in [0.25, 0.3) is 0 Å². The summed E-state index contributed by atoms with van der Waals surface area (Å²) in [5.41, 5.74) is 1.40. The average molecular weight is 234 g/mol. The van der Waals surface area contributed by atoms with Crippen LogP contribution in [0.3, 0.4) is 0 Å². The van der Waals surface area contributed by atoms with Gasteiger partial charge in [0.2, 0.25) is 0 Å². The first-order chi connectivity index (χ1) is 8.02. The van der Waals surface area contributed by atoms with Crippen molar-refractivity contribution in [3.63, 3.8) is 0 Å². The number of hydrogen-bond donors (Lipinski definition) is 1. The topological polar surface area (TPSA) is 36.4 Å². The molecule has 1 aromatic heterocycles. The lowest BCUT2D eigenvalue weighted by Gasteiger charge is -2.25. The molecule has 0 radical (unpaired) electrons. The van der Waals surface area contributed by atoms with Crippen LogP contribution in [-0.2, 0) is 5.41 Å². The van der Waals surface area contributed by atoms with E-state index >= 15 is 0 Å². The summed E-state index contributed by atoms with van der Waals surface area (Å²) in [5, 5.41) is 9.31. The van der Waals surface area contributed by atoms with Gasteiger partial charge in [0.05, 0.1) is 12.6 Å². The highest BCUT2D eigenvalue weighted by molar-refractivity contribution is 5.42. The first-order valence-electron chi connectivity index (χ1n) is 6.36. The van der Waals surface area contributed by atoms with Crippen molar-refractivity contribution in [2.24, 2.45) is 0 Å². The lowest BCUT2D eigenvalue weighted by Crippen LogP contribution is -2.32. The highest BCUT2D eigenvalue weighted by atomic mass is 16.3. The van der Waals surface area contributed by atoms with Gasteiger partial charge in [-0.2, -0.15) is 0 Å². The van der Waals surface area contributed by atoms with Gasteiger partial charge in [0.15, 0.2) is 0 Å². The number of pyridine rings is 1. The van der Waals surface area contributed by atoms with Gasteiger partial charge in [-0.1, -0.05) is 26.8 Å². The fourth-order valence-corrected chi connectivity index (χ4v) is 2.33. The Morgan fingerprint density at radius 2 is 2.18 bits per heavy atom. The van der Waals surface area contributed by atoms with E-state index in [1.165, 1.54) is 5.56 Å². The summed E-state index contributed by atoms with van der Waals surface area (Å²) in [6.07, 6.45) is 4.18.